The van der Waals surface area contributed by atoms with Crippen LogP contribution >= 0.6 is 0 Å². The molecule has 0 unspecified atom stereocenters. The van der Waals surface area contributed by atoms with E-state index >= 15 is 0 Å². The van der Waals surface area contributed by atoms with Crippen LogP contribution in [-0.2, 0) is 9.59 Å². The molecule has 0 radical (unpaired) electrons. The van der Waals surface area contributed by atoms with Gasteiger partial charge in [0.05, 0.1) is 6.67 Å². The van der Waals surface area contributed by atoms with Gasteiger partial charge >= 0.3 is 0 Å². The molecule has 4 heteroatoms. The minimum absolute atomic E-state index is 0.0433. The fourth-order valence-corrected chi connectivity index (χ4v) is 1.27. The summed E-state index contributed by atoms with van der Waals surface area (Å²) in [6, 6.07) is 0. The van der Waals surface area contributed by atoms with Crippen LogP contribution in [0.3, 0.4) is 0 Å². The summed E-state index contributed by atoms with van der Waals surface area (Å²) >= 11 is 0. The van der Waals surface area contributed by atoms with Crippen LogP contribution < -0.4 is 0 Å². The lowest BCUT2D eigenvalue weighted by Gasteiger charge is -2.33. The molecule has 68 valence electrons. The number of carbonyl (C=O) groups excluding carboxylic acids is 2. The minimum Gasteiger partial charge on any atom is -0.325 e. The number of hydrogen-bond acceptors (Lipinski definition) is 2. The average molecular weight is 170 g/mol. The van der Waals surface area contributed by atoms with Crippen LogP contribution in [0.4, 0.5) is 0 Å². The van der Waals surface area contributed by atoms with Gasteiger partial charge in [-0.25, -0.2) is 0 Å². The Balaban J connectivity index is 2.62. The highest BCUT2D eigenvalue weighted by atomic mass is 16.2. The first-order chi connectivity index (χ1) is 5.69. The Morgan fingerprint density at radius 1 is 1.08 bits per heavy atom. The van der Waals surface area contributed by atoms with Crippen molar-refractivity contribution in [2.45, 2.75) is 20.3 Å². The Morgan fingerprint density at radius 2 is 1.50 bits per heavy atom. The highest BCUT2D eigenvalue weighted by Gasteiger charge is 2.27. The van der Waals surface area contributed by atoms with Crippen molar-refractivity contribution in [3.63, 3.8) is 0 Å². The van der Waals surface area contributed by atoms with Gasteiger partial charge in [0.15, 0.2) is 0 Å². The lowest BCUT2D eigenvalue weighted by atomic mass is 10.2. The van der Waals surface area contributed by atoms with E-state index in [9.17, 15) is 9.59 Å². The summed E-state index contributed by atoms with van der Waals surface area (Å²) in [6.07, 6.45) is 0.0433. The zero-order chi connectivity index (χ0) is 9.14. The van der Waals surface area contributed by atoms with Crippen molar-refractivity contribution in [3.8, 4) is 0 Å². The van der Waals surface area contributed by atoms with Crippen molar-refractivity contribution in [3.05, 3.63) is 0 Å². The lowest BCUT2D eigenvalue weighted by Crippen LogP contribution is -2.50. The zero-order valence-corrected chi connectivity index (χ0v) is 7.54. The summed E-state index contributed by atoms with van der Waals surface area (Å²) in [5, 5.41) is 0. The molecule has 0 spiro atoms. The van der Waals surface area contributed by atoms with Crippen LogP contribution in [0.15, 0.2) is 0 Å². The maximum absolute atomic E-state index is 11.2. The fraction of sp³-hybridized carbons (Fsp3) is 0.750. The standard InChI is InChI=1S/C8H14N2O2/c1-3-9-6-10(4-2)8(12)5-7(9)11/h3-6H2,1-2H3. The molecule has 2 amide bonds. The molecule has 0 N–H and O–H groups in total. The highest BCUT2D eigenvalue weighted by molar-refractivity contribution is 5.98. The normalized spacial score (nSPS) is 18.8. The largest absolute Gasteiger partial charge is 0.325 e. The van der Waals surface area contributed by atoms with E-state index in [1.54, 1.807) is 9.80 Å². The van der Waals surface area contributed by atoms with E-state index in [1.165, 1.54) is 0 Å². The number of carbonyl (C=O) groups is 2. The van der Waals surface area contributed by atoms with E-state index in [0.29, 0.717) is 19.8 Å². The van der Waals surface area contributed by atoms with Gasteiger partial charge in [0.1, 0.15) is 6.42 Å². The van der Waals surface area contributed by atoms with Crippen LogP contribution in [0.2, 0.25) is 0 Å². The Labute approximate surface area is 72.1 Å². The van der Waals surface area contributed by atoms with Gasteiger partial charge in [0.2, 0.25) is 11.8 Å². The number of hydrogen-bond donors (Lipinski definition) is 0. The molecule has 1 rings (SSSR count). The average Bonchev–Trinajstić information content (AvgIpc) is 2.05. The van der Waals surface area contributed by atoms with Gasteiger partial charge in [0.25, 0.3) is 0 Å². The lowest BCUT2D eigenvalue weighted by molar-refractivity contribution is -0.150. The Bertz CT molecular complexity index is 183. The molecule has 0 bridgehead atoms. The monoisotopic (exact) mass is 170 g/mol. The summed E-state index contributed by atoms with van der Waals surface area (Å²) in [5.41, 5.74) is 0. The van der Waals surface area contributed by atoms with E-state index in [2.05, 4.69) is 0 Å². The topological polar surface area (TPSA) is 40.6 Å². The van der Waals surface area contributed by atoms with Gasteiger partial charge in [-0.3, -0.25) is 9.59 Å². The van der Waals surface area contributed by atoms with Crippen molar-refractivity contribution in [1.82, 2.24) is 9.80 Å². The summed E-state index contributed by atoms with van der Waals surface area (Å²) in [5.74, 6) is -0.0978. The van der Waals surface area contributed by atoms with Crippen LogP contribution in [0, 0.1) is 0 Å². The van der Waals surface area contributed by atoms with Crippen LogP contribution in [0.1, 0.15) is 20.3 Å². The third kappa shape index (κ3) is 1.57. The molecule has 0 saturated carbocycles. The molecule has 12 heavy (non-hydrogen) atoms. The molecule has 1 aliphatic rings. The van der Waals surface area contributed by atoms with E-state index in [4.69, 9.17) is 0 Å². The molecule has 1 fully saturated rings. The molecule has 1 aliphatic heterocycles. The first-order valence-electron chi connectivity index (χ1n) is 4.24. The third-order valence-corrected chi connectivity index (χ3v) is 2.11. The molecule has 4 nitrogen and oxygen atoms in total. The van der Waals surface area contributed by atoms with Gasteiger partial charge in [-0.2, -0.15) is 0 Å². The summed E-state index contributed by atoms with van der Waals surface area (Å²) < 4.78 is 0. The molecule has 0 aromatic rings. The van der Waals surface area contributed by atoms with Crippen molar-refractivity contribution >= 4 is 11.8 Å². The van der Waals surface area contributed by atoms with Crippen LogP contribution in [0.25, 0.3) is 0 Å². The van der Waals surface area contributed by atoms with Crippen molar-refractivity contribution < 1.29 is 9.59 Å². The van der Waals surface area contributed by atoms with E-state index in [-0.39, 0.29) is 18.2 Å². The predicted molar refractivity (Wildman–Crippen MR) is 44.3 cm³/mol. The van der Waals surface area contributed by atoms with Gasteiger partial charge in [-0.15, -0.1) is 0 Å². The van der Waals surface area contributed by atoms with Crippen molar-refractivity contribution in [2.75, 3.05) is 19.8 Å². The number of rotatable bonds is 2. The SMILES string of the molecule is CCN1CN(CC)C(=O)CC1=O. The zero-order valence-electron chi connectivity index (χ0n) is 7.54. The smallest absolute Gasteiger partial charge is 0.233 e. The second-order valence-corrected chi connectivity index (χ2v) is 2.82. The fourth-order valence-electron chi connectivity index (χ4n) is 1.27. The van der Waals surface area contributed by atoms with Gasteiger partial charge in [0, 0.05) is 13.1 Å². The second kappa shape index (κ2) is 3.56. The van der Waals surface area contributed by atoms with Gasteiger partial charge in [-0.1, -0.05) is 0 Å². The summed E-state index contributed by atoms with van der Waals surface area (Å²) in [4.78, 5) is 25.7. The maximum atomic E-state index is 11.2. The van der Waals surface area contributed by atoms with Crippen molar-refractivity contribution in [2.24, 2.45) is 0 Å². The molecular formula is C8H14N2O2. The van der Waals surface area contributed by atoms with E-state index < -0.39 is 0 Å². The molecule has 0 aliphatic carbocycles. The number of amides is 2. The Kier molecular flexibility index (Phi) is 2.68. The van der Waals surface area contributed by atoms with Crippen LogP contribution in [-0.4, -0.2) is 41.4 Å². The first-order valence-corrected chi connectivity index (χ1v) is 4.24. The van der Waals surface area contributed by atoms with Gasteiger partial charge < -0.3 is 9.80 Å². The molecule has 0 aromatic heterocycles. The Morgan fingerprint density at radius 3 is 1.83 bits per heavy atom. The summed E-state index contributed by atoms with van der Waals surface area (Å²) in [6.45, 7) is 5.67. The highest BCUT2D eigenvalue weighted by Crippen LogP contribution is 2.07. The quantitative estimate of drug-likeness (QED) is 0.549. The third-order valence-electron chi connectivity index (χ3n) is 2.11. The summed E-state index contributed by atoms with van der Waals surface area (Å²) in [7, 11) is 0. The number of nitrogens with zero attached hydrogens (tertiary/aromatic N) is 2. The second-order valence-electron chi connectivity index (χ2n) is 2.82. The molecule has 0 aromatic carbocycles. The molecular weight excluding hydrogens is 156 g/mol. The maximum Gasteiger partial charge on any atom is 0.233 e. The molecule has 1 heterocycles. The van der Waals surface area contributed by atoms with E-state index in [0.717, 1.165) is 0 Å². The molecule has 0 atom stereocenters. The van der Waals surface area contributed by atoms with Crippen molar-refractivity contribution in [1.29, 1.82) is 0 Å². The predicted octanol–water partition coefficient (Wildman–Crippen LogP) is 0.0446. The van der Waals surface area contributed by atoms with Crippen LogP contribution in [0.5, 0.6) is 0 Å². The first kappa shape index (κ1) is 9.03. The minimum atomic E-state index is -0.0489. The van der Waals surface area contributed by atoms with Gasteiger partial charge in [-0.05, 0) is 13.8 Å². The Hall–Kier alpha value is -1.06. The molecule has 1 saturated heterocycles. The van der Waals surface area contributed by atoms with E-state index in [1.807, 2.05) is 13.8 Å².